The Labute approximate surface area is 54.0 Å². The number of ether oxygens (including phenoxy) is 1. The molecule has 1 saturated heterocycles. The van der Waals surface area contributed by atoms with E-state index in [9.17, 15) is 0 Å². The maximum absolute atomic E-state index is 5.49. The zero-order valence-electron chi connectivity index (χ0n) is 5.08. The molecule has 1 nitrogen and oxygen atoms in total. The van der Waals surface area contributed by atoms with E-state index >= 15 is 0 Å². The van der Waals surface area contributed by atoms with E-state index in [-0.39, 0.29) is 5.60 Å². The van der Waals surface area contributed by atoms with Crippen LogP contribution in [0.2, 0.25) is 0 Å². The van der Waals surface area contributed by atoms with Gasteiger partial charge in [0.1, 0.15) is 11.7 Å². The van der Waals surface area contributed by atoms with E-state index in [1.165, 1.54) is 6.42 Å². The fourth-order valence-electron chi connectivity index (χ4n) is 1.84. The molecule has 0 aromatic rings. The maximum atomic E-state index is 5.49. The highest BCUT2D eigenvalue weighted by molar-refractivity contribution is 5.38. The van der Waals surface area contributed by atoms with Gasteiger partial charge in [-0.1, -0.05) is 24.3 Å². The van der Waals surface area contributed by atoms with E-state index in [1.54, 1.807) is 0 Å². The zero-order chi connectivity index (χ0) is 5.90. The first-order valence-electron chi connectivity index (χ1n) is 3.46. The Kier molecular flexibility index (Phi) is 0.483. The van der Waals surface area contributed by atoms with Crippen LogP contribution in [0.5, 0.6) is 0 Å². The Balaban J connectivity index is 2.10. The van der Waals surface area contributed by atoms with Gasteiger partial charge in [-0.2, -0.15) is 0 Å². The molecule has 0 radical (unpaired) electrons. The molecule has 9 heavy (non-hydrogen) atoms. The maximum Gasteiger partial charge on any atom is 0.123 e. The van der Waals surface area contributed by atoms with Crippen molar-refractivity contribution in [3.05, 3.63) is 24.3 Å². The van der Waals surface area contributed by atoms with Crippen LogP contribution in [-0.2, 0) is 4.74 Å². The van der Waals surface area contributed by atoms with Crippen molar-refractivity contribution in [1.29, 1.82) is 0 Å². The molecule has 2 unspecified atom stereocenters. The van der Waals surface area contributed by atoms with E-state index in [0.717, 1.165) is 0 Å². The van der Waals surface area contributed by atoms with Crippen molar-refractivity contribution in [2.24, 2.45) is 5.92 Å². The molecule has 0 saturated carbocycles. The minimum atomic E-state index is 0.217. The van der Waals surface area contributed by atoms with Gasteiger partial charge in [-0.3, -0.25) is 0 Å². The summed E-state index contributed by atoms with van der Waals surface area (Å²) < 4.78 is 5.49. The highest BCUT2D eigenvalue weighted by Gasteiger charge is 2.62. The summed E-state index contributed by atoms with van der Waals surface area (Å²) in [6, 6.07) is 0. The van der Waals surface area contributed by atoms with Crippen LogP contribution in [0, 0.1) is 5.92 Å². The van der Waals surface area contributed by atoms with E-state index < -0.39 is 0 Å². The molecular weight excluding hydrogens is 112 g/mol. The molecule has 1 spiro atoms. The minimum absolute atomic E-state index is 0.217. The van der Waals surface area contributed by atoms with Crippen LogP contribution in [0.4, 0.5) is 0 Å². The van der Waals surface area contributed by atoms with Gasteiger partial charge in [-0.15, -0.1) is 0 Å². The molecule has 0 amide bonds. The van der Waals surface area contributed by atoms with Gasteiger partial charge in [0.15, 0.2) is 0 Å². The second kappa shape index (κ2) is 1.01. The van der Waals surface area contributed by atoms with Gasteiger partial charge >= 0.3 is 0 Å². The lowest BCUT2D eigenvalue weighted by Gasteiger charge is -2.27. The summed E-state index contributed by atoms with van der Waals surface area (Å²) in [4.78, 5) is 0. The van der Waals surface area contributed by atoms with Gasteiger partial charge in [0, 0.05) is 5.92 Å². The molecule has 0 aromatic heterocycles. The normalized spacial score (nSPS) is 57.8. The lowest BCUT2D eigenvalue weighted by molar-refractivity contribution is 0.270. The highest BCUT2D eigenvalue weighted by Crippen LogP contribution is 2.55. The smallest absolute Gasteiger partial charge is 0.123 e. The van der Waals surface area contributed by atoms with Gasteiger partial charge in [0.25, 0.3) is 0 Å². The summed E-state index contributed by atoms with van der Waals surface area (Å²) in [5.74, 6) is 0.715. The topological polar surface area (TPSA) is 12.5 Å². The fraction of sp³-hybridized carbons (Fsp3) is 0.500. The molecule has 1 fully saturated rings. The standard InChI is InChI=1S/C8H8O/c1-2-6-4-5-8(6)7(3-1)9-8/h1,3-7H,2H2/t6-,7?,8?/m0/s1. The third kappa shape index (κ3) is 0.315. The predicted molar refractivity (Wildman–Crippen MR) is 34.0 cm³/mol. The molecule has 3 aliphatic rings. The van der Waals surface area contributed by atoms with Crippen LogP contribution in [0.3, 0.4) is 0 Å². The van der Waals surface area contributed by atoms with Crippen molar-refractivity contribution in [3.63, 3.8) is 0 Å². The van der Waals surface area contributed by atoms with Crippen LogP contribution in [0.1, 0.15) is 6.42 Å². The molecule has 3 atom stereocenters. The summed E-state index contributed by atoms with van der Waals surface area (Å²) in [6.07, 6.45) is 10.5. The third-order valence-corrected chi connectivity index (χ3v) is 2.59. The monoisotopic (exact) mass is 120 g/mol. The van der Waals surface area contributed by atoms with Gasteiger partial charge in [0.05, 0.1) is 0 Å². The molecule has 3 rings (SSSR count). The Morgan fingerprint density at radius 1 is 1.44 bits per heavy atom. The number of rotatable bonds is 0. The number of hydrogen-bond acceptors (Lipinski definition) is 1. The van der Waals surface area contributed by atoms with Gasteiger partial charge < -0.3 is 4.74 Å². The number of epoxide rings is 1. The molecule has 1 aliphatic heterocycles. The quantitative estimate of drug-likeness (QED) is 0.346. The fourth-order valence-corrected chi connectivity index (χ4v) is 1.84. The number of allylic oxidation sites excluding steroid dienone is 1. The zero-order valence-corrected chi connectivity index (χ0v) is 5.08. The largest absolute Gasteiger partial charge is 0.357 e. The molecular formula is C8H8O. The lowest BCUT2D eigenvalue weighted by atomic mass is 9.74. The van der Waals surface area contributed by atoms with Crippen molar-refractivity contribution in [3.8, 4) is 0 Å². The van der Waals surface area contributed by atoms with Crippen molar-refractivity contribution < 1.29 is 4.74 Å². The van der Waals surface area contributed by atoms with Crippen LogP contribution >= 0.6 is 0 Å². The Morgan fingerprint density at radius 3 is 3.00 bits per heavy atom. The van der Waals surface area contributed by atoms with Crippen LogP contribution in [0.25, 0.3) is 0 Å². The SMILES string of the molecule is C1=CC2OC23C=C[C@@H]3C1. The van der Waals surface area contributed by atoms with Crippen LogP contribution in [-0.4, -0.2) is 11.7 Å². The van der Waals surface area contributed by atoms with E-state index in [0.29, 0.717) is 12.0 Å². The average Bonchev–Trinajstić information content (AvgIpc) is 2.52. The molecule has 2 aliphatic carbocycles. The van der Waals surface area contributed by atoms with Gasteiger partial charge in [0.2, 0.25) is 0 Å². The first kappa shape index (κ1) is 4.29. The third-order valence-electron chi connectivity index (χ3n) is 2.59. The van der Waals surface area contributed by atoms with Crippen LogP contribution < -0.4 is 0 Å². The van der Waals surface area contributed by atoms with Crippen LogP contribution in [0.15, 0.2) is 24.3 Å². The molecule has 1 heteroatoms. The summed E-state index contributed by atoms with van der Waals surface area (Å²) >= 11 is 0. The van der Waals surface area contributed by atoms with Gasteiger partial charge in [-0.25, -0.2) is 0 Å². The predicted octanol–water partition coefficient (Wildman–Crippen LogP) is 1.27. The molecule has 1 heterocycles. The summed E-state index contributed by atoms with van der Waals surface area (Å²) in [6.45, 7) is 0. The molecule has 0 bridgehead atoms. The first-order chi connectivity index (χ1) is 4.42. The summed E-state index contributed by atoms with van der Waals surface area (Å²) in [7, 11) is 0. The molecule has 46 valence electrons. The van der Waals surface area contributed by atoms with Crippen molar-refractivity contribution in [1.82, 2.24) is 0 Å². The summed E-state index contributed by atoms with van der Waals surface area (Å²) in [5.41, 5.74) is 0.217. The summed E-state index contributed by atoms with van der Waals surface area (Å²) in [5, 5.41) is 0. The second-order valence-corrected chi connectivity index (χ2v) is 3.02. The Bertz CT molecular complexity index is 215. The van der Waals surface area contributed by atoms with E-state index in [1.807, 2.05) is 0 Å². The van der Waals surface area contributed by atoms with Crippen molar-refractivity contribution >= 4 is 0 Å². The minimum Gasteiger partial charge on any atom is -0.357 e. The van der Waals surface area contributed by atoms with Crippen molar-refractivity contribution in [2.45, 2.75) is 18.1 Å². The van der Waals surface area contributed by atoms with Crippen molar-refractivity contribution in [2.75, 3.05) is 0 Å². The second-order valence-electron chi connectivity index (χ2n) is 3.02. The molecule has 0 N–H and O–H groups in total. The first-order valence-corrected chi connectivity index (χ1v) is 3.46. The highest BCUT2D eigenvalue weighted by atomic mass is 16.6. The molecule has 0 aromatic carbocycles. The van der Waals surface area contributed by atoms with Gasteiger partial charge in [-0.05, 0) is 6.42 Å². The van der Waals surface area contributed by atoms with E-state index in [2.05, 4.69) is 24.3 Å². The average molecular weight is 120 g/mol. The Hall–Kier alpha value is -0.560. The number of hydrogen-bond donors (Lipinski definition) is 0. The van der Waals surface area contributed by atoms with E-state index in [4.69, 9.17) is 4.74 Å². The Morgan fingerprint density at radius 2 is 2.44 bits per heavy atom. The lowest BCUT2D eigenvalue weighted by Crippen LogP contribution is -2.31.